The Morgan fingerprint density at radius 1 is 1.35 bits per heavy atom. The molecule has 0 aliphatic carbocycles. The molecule has 0 radical (unpaired) electrons. The molecule has 0 saturated carbocycles. The maximum atomic E-state index is 9.33. The van der Waals surface area contributed by atoms with E-state index in [9.17, 15) is 5.11 Å². The molecule has 0 saturated heterocycles. The van der Waals surface area contributed by atoms with Gasteiger partial charge in [0.1, 0.15) is 11.8 Å². The second-order valence-corrected chi connectivity index (χ2v) is 4.48. The molecule has 0 aliphatic rings. The Kier molecular flexibility index (Phi) is 3.53. The van der Waals surface area contributed by atoms with Crippen LogP contribution >= 0.6 is 0 Å². The maximum Gasteiger partial charge on any atom is 0.182 e. The van der Waals surface area contributed by atoms with E-state index in [1.54, 1.807) is 6.33 Å². The van der Waals surface area contributed by atoms with Gasteiger partial charge in [-0.3, -0.25) is 0 Å². The zero-order valence-electron chi connectivity index (χ0n) is 10.0. The molecule has 0 amide bonds. The highest BCUT2D eigenvalue weighted by molar-refractivity contribution is 5.82. The molecule has 0 fully saturated rings. The van der Waals surface area contributed by atoms with Crippen molar-refractivity contribution in [3.63, 3.8) is 0 Å². The number of aromatic nitrogens is 4. The normalized spacial score (nSPS) is 13.2. The quantitative estimate of drug-likeness (QED) is 0.724. The van der Waals surface area contributed by atoms with Crippen molar-refractivity contribution >= 4 is 17.0 Å². The fourth-order valence-electron chi connectivity index (χ4n) is 1.82. The molecule has 17 heavy (non-hydrogen) atoms. The molecule has 0 aliphatic heterocycles. The fraction of sp³-hybridized carbons (Fsp3) is 0.545. The first-order valence-electron chi connectivity index (χ1n) is 5.72. The minimum atomic E-state index is -0.00333. The first kappa shape index (κ1) is 11.8. The largest absolute Gasteiger partial charge is 0.394 e. The summed E-state index contributed by atoms with van der Waals surface area (Å²) < 4.78 is 0. The lowest BCUT2D eigenvalue weighted by Gasteiger charge is -2.18. The van der Waals surface area contributed by atoms with Crippen LogP contribution < -0.4 is 5.32 Å². The molecule has 0 spiro atoms. The molecule has 0 bridgehead atoms. The van der Waals surface area contributed by atoms with E-state index >= 15 is 0 Å². The van der Waals surface area contributed by atoms with Crippen molar-refractivity contribution in [1.82, 2.24) is 19.9 Å². The smallest absolute Gasteiger partial charge is 0.182 e. The number of rotatable bonds is 5. The first-order valence-corrected chi connectivity index (χ1v) is 5.72. The van der Waals surface area contributed by atoms with E-state index < -0.39 is 0 Å². The summed E-state index contributed by atoms with van der Waals surface area (Å²) in [5, 5.41) is 12.5. The van der Waals surface area contributed by atoms with Gasteiger partial charge in [-0.15, -0.1) is 0 Å². The van der Waals surface area contributed by atoms with Crippen LogP contribution in [0.2, 0.25) is 0 Å². The van der Waals surface area contributed by atoms with Crippen LogP contribution in [-0.2, 0) is 0 Å². The van der Waals surface area contributed by atoms with Crippen molar-refractivity contribution in [3.05, 3.63) is 12.7 Å². The summed E-state index contributed by atoms with van der Waals surface area (Å²) in [6, 6.07) is -0.00333. The minimum Gasteiger partial charge on any atom is -0.394 e. The number of imidazole rings is 1. The molecule has 2 aromatic rings. The molecule has 2 aromatic heterocycles. The number of aliphatic hydroxyl groups excluding tert-OH is 1. The second-order valence-electron chi connectivity index (χ2n) is 4.48. The van der Waals surface area contributed by atoms with Gasteiger partial charge in [-0.2, -0.15) is 0 Å². The van der Waals surface area contributed by atoms with Crippen molar-refractivity contribution in [2.75, 3.05) is 11.9 Å². The van der Waals surface area contributed by atoms with Crippen molar-refractivity contribution < 1.29 is 5.11 Å². The molecule has 0 aromatic carbocycles. The Labute approximate surface area is 99.5 Å². The van der Waals surface area contributed by atoms with Crippen molar-refractivity contribution in [3.8, 4) is 0 Å². The molecule has 0 unspecified atom stereocenters. The highest BCUT2D eigenvalue weighted by Gasteiger charge is 2.13. The third-order valence-corrected chi connectivity index (χ3v) is 2.54. The van der Waals surface area contributed by atoms with Crippen LogP contribution in [0, 0.1) is 5.92 Å². The Morgan fingerprint density at radius 3 is 2.88 bits per heavy atom. The molecule has 2 heterocycles. The van der Waals surface area contributed by atoms with E-state index in [1.807, 2.05) is 0 Å². The number of aromatic amines is 1. The van der Waals surface area contributed by atoms with Crippen LogP contribution in [0.4, 0.5) is 5.82 Å². The van der Waals surface area contributed by atoms with E-state index in [1.165, 1.54) is 6.33 Å². The van der Waals surface area contributed by atoms with Crippen LogP contribution in [0.3, 0.4) is 0 Å². The average Bonchev–Trinajstić information content (AvgIpc) is 2.76. The summed E-state index contributed by atoms with van der Waals surface area (Å²) in [6.07, 6.45) is 3.94. The maximum absolute atomic E-state index is 9.33. The van der Waals surface area contributed by atoms with Crippen LogP contribution in [0.1, 0.15) is 20.3 Å². The second kappa shape index (κ2) is 5.09. The molecule has 6 nitrogen and oxygen atoms in total. The van der Waals surface area contributed by atoms with Gasteiger partial charge in [0, 0.05) is 0 Å². The van der Waals surface area contributed by atoms with Gasteiger partial charge in [-0.1, -0.05) is 13.8 Å². The predicted octanol–water partition coefficient (Wildman–Crippen LogP) is 1.17. The first-order chi connectivity index (χ1) is 8.20. The Hall–Kier alpha value is -1.69. The summed E-state index contributed by atoms with van der Waals surface area (Å²) in [7, 11) is 0. The third-order valence-electron chi connectivity index (χ3n) is 2.54. The van der Waals surface area contributed by atoms with Crippen LogP contribution in [0.15, 0.2) is 12.7 Å². The summed E-state index contributed by atoms with van der Waals surface area (Å²) in [4.78, 5) is 15.3. The van der Waals surface area contributed by atoms with Crippen molar-refractivity contribution in [1.29, 1.82) is 0 Å². The van der Waals surface area contributed by atoms with Gasteiger partial charge >= 0.3 is 0 Å². The highest BCUT2D eigenvalue weighted by Crippen LogP contribution is 2.17. The molecule has 6 heteroatoms. The summed E-state index contributed by atoms with van der Waals surface area (Å²) in [6.45, 7) is 4.32. The lowest BCUT2D eigenvalue weighted by molar-refractivity contribution is 0.259. The van der Waals surface area contributed by atoms with Crippen molar-refractivity contribution in [2.24, 2.45) is 5.92 Å². The molecular weight excluding hydrogens is 218 g/mol. The van der Waals surface area contributed by atoms with Gasteiger partial charge in [0.25, 0.3) is 0 Å². The number of nitrogens with one attached hydrogen (secondary N) is 2. The zero-order chi connectivity index (χ0) is 12.3. The summed E-state index contributed by atoms with van der Waals surface area (Å²) in [5.41, 5.74) is 1.40. The van der Waals surface area contributed by atoms with E-state index in [0.29, 0.717) is 17.4 Å². The number of hydrogen-bond donors (Lipinski definition) is 3. The van der Waals surface area contributed by atoms with Crippen LogP contribution in [0.5, 0.6) is 0 Å². The van der Waals surface area contributed by atoms with Gasteiger partial charge in [-0.25, -0.2) is 15.0 Å². The lowest BCUT2D eigenvalue weighted by atomic mass is 10.0. The number of fused-ring (bicyclic) bond motifs is 1. The average molecular weight is 235 g/mol. The van der Waals surface area contributed by atoms with Crippen molar-refractivity contribution in [2.45, 2.75) is 26.3 Å². The van der Waals surface area contributed by atoms with Crippen LogP contribution in [0.25, 0.3) is 11.2 Å². The molecular formula is C11H17N5O. The standard InChI is InChI=1S/C11H17N5O/c1-7(2)3-8(4-17)16-11-9-10(13-5-12-9)14-6-15-11/h5-8,17H,3-4H2,1-2H3,(H2,12,13,14,15,16)/t8-/m1/s1. The molecule has 92 valence electrons. The van der Waals surface area contributed by atoms with Gasteiger partial charge in [0.2, 0.25) is 0 Å². The van der Waals surface area contributed by atoms with Gasteiger partial charge in [0.15, 0.2) is 11.5 Å². The SMILES string of the molecule is CC(C)C[C@H](CO)Nc1ncnc2nc[nH]c12. The Morgan fingerprint density at radius 2 is 2.18 bits per heavy atom. The fourth-order valence-corrected chi connectivity index (χ4v) is 1.82. The molecule has 3 N–H and O–H groups in total. The topological polar surface area (TPSA) is 86.7 Å². The van der Waals surface area contributed by atoms with Gasteiger partial charge in [-0.05, 0) is 12.3 Å². The van der Waals surface area contributed by atoms with Crippen LogP contribution in [-0.4, -0.2) is 37.7 Å². The predicted molar refractivity (Wildman–Crippen MR) is 65.6 cm³/mol. The third kappa shape index (κ3) is 2.71. The minimum absolute atomic E-state index is 0.00333. The zero-order valence-corrected chi connectivity index (χ0v) is 10.0. The Bertz CT molecular complexity index is 481. The lowest BCUT2D eigenvalue weighted by Crippen LogP contribution is -2.26. The van der Waals surface area contributed by atoms with Gasteiger partial charge in [0.05, 0.1) is 19.0 Å². The molecule has 1 atom stereocenters. The highest BCUT2D eigenvalue weighted by atomic mass is 16.3. The number of hydrogen-bond acceptors (Lipinski definition) is 5. The van der Waals surface area contributed by atoms with E-state index in [2.05, 4.69) is 39.1 Å². The number of aliphatic hydroxyl groups is 1. The molecule has 2 rings (SSSR count). The van der Waals surface area contributed by atoms with E-state index in [-0.39, 0.29) is 12.6 Å². The number of H-pyrrole nitrogens is 1. The van der Waals surface area contributed by atoms with E-state index in [0.717, 1.165) is 11.9 Å². The number of anilines is 1. The summed E-state index contributed by atoms with van der Waals surface area (Å²) >= 11 is 0. The Balaban J connectivity index is 2.19. The number of nitrogens with zero attached hydrogens (tertiary/aromatic N) is 3. The van der Waals surface area contributed by atoms with Gasteiger partial charge < -0.3 is 15.4 Å². The summed E-state index contributed by atoms with van der Waals surface area (Å²) in [5.74, 6) is 1.20. The monoisotopic (exact) mass is 235 g/mol. The van der Waals surface area contributed by atoms with E-state index in [4.69, 9.17) is 0 Å².